The Hall–Kier alpha value is 0.170. The second-order valence-electron chi connectivity index (χ2n) is 4.35. The Morgan fingerprint density at radius 2 is 2.09 bits per heavy atom. The van der Waals surface area contributed by atoms with Gasteiger partial charge >= 0.3 is 0 Å². The molecule has 4 bridgehead atoms. The SMILES string of the molecule is CC1=C(C)C2C3CCP2C1C3. The first-order chi connectivity index (χ1) is 5.29. The number of allylic oxidation sites excluding steroid dienone is 2. The van der Waals surface area contributed by atoms with Crippen LogP contribution in [-0.2, 0) is 0 Å². The minimum absolute atomic E-state index is 0.467. The lowest BCUT2D eigenvalue weighted by Gasteiger charge is -2.22. The maximum atomic E-state index is 2.40. The van der Waals surface area contributed by atoms with E-state index in [0.717, 1.165) is 17.2 Å². The third kappa shape index (κ3) is 0.617. The summed E-state index contributed by atoms with van der Waals surface area (Å²) in [7, 11) is 0.467. The smallest absolute Gasteiger partial charge is 0.00347 e. The van der Waals surface area contributed by atoms with E-state index < -0.39 is 0 Å². The summed E-state index contributed by atoms with van der Waals surface area (Å²) in [4.78, 5) is 0. The first kappa shape index (κ1) is 6.66. The zero-order valence-corrected chi connectivity index (χ0v) is 8.20. The van der Waals surface area contributed by atoms with Crippen molar-refractivity contribution in [2.75, 3.05) is 6.16 Å². The van der Waals surface area contributed by atoms with Crippen LogP contribution in [0.2, 0.25) is 0 Å². The van der Waals surface area contributed by atoms with Gasteiger partial charge in [0.25, 0.3) is 0 Å². The fraction of sp³-hybridized carbons (Fsp3) is 0.800. The Labute approximate surface area is 69.8 Å². The van der Waals surface area contributed by atoms with Crippen LogP contribution in [-0.4, -0.2) is 17.5 Å². The third-order valence-electron chi connectivity index (χ3n) is 4.05. The summed E-state index contributed by atoms with van der Waals surface area (Å²) in [5, 5.41) is 0. The molecule has 1 heteroatoms. The minimum atomic E-state index is 0.467. The lowest BCUT2D eigenvalue weighted by atomic mass is 9.84. The van der Waals surface area contributed by atoms with E-state index in [4.69, 9.17) is 0 Å². The Bertz CT molecular complexity index is 241. The number of hydrogen-bond donors (Lipinski definition) is 0. The summed E-state index contributed by atoms with van der Waals surface area (Å²) >= 11 is 0. The monoisotopic (exact) mass is 166 g/mol. The first-order valence-corrected chi connectivity index (χ1v) is 6.38. The van der Waals surface area contributed by atoms with Gasteiger partial charge in [0.1, 0.15) is 0 Å². The van der Waals surface area contributed by atoms with E-state index in [1.54, 1.807) is 30.1 Å². The summed E-state index contributed by atoms with van der Waals surface area (Å²) in [5.74, 6) is 1.13. The molecule has 3 aliphatic heterocycles. The van der Waals surface area contributed by atoms with Crippen LogP contribution < -0.4 is 0 Å². The molecule has 60 valence electrons. The van der Waals surface area contributed by atoms with Gasteiger partial charge in [-0.15, -0.1) is 0 Å². The third-order valence-corrected chi connectivity index (χ3v) is 7.75. The Balaban J connectivity index is 2.10. The Kier molecular flexibility index (Phi) is 1.16. The molecule has 11 heavy (non-hydrogen) atoms. The summed E-state index contributed by atoms with van der Waals surface area (Å²) in [6.07, 6.45) is 4.74. The van der Waals surface area contributed by atoms with Crippen LogP contribution in [0.15, 0.2) is 11.1 Å². The normalized spacial score (nSPS) is 52.9. The van der Waals surface area contributed by atoms with Crippen LogP contribution in [0, 0.1) is 5.92 Å². The summed E-state index contributed by atoms with van der Waals surface area (Å²) < 4.78 is 0. The fourth-order valence-corrected chi connectivity index (χ4v) is 7.79. The van der Waals surface area contributed by atoms with Gasteiger partial charge in [-0.05, 0) is 38.8 Å². The number of rotatable bonds is 0. The second-order valence-corrected chi connectivity index (χ2v) is 7.00. The van der Waals surface area contributed by atoms with Gasteiger partial charge in [0.15, 0.2) is 0 Å². The average Bonchev–Trinajstić information content (AvgIpc) is 2.61. The van der Waals surface area contributed by atoms with Gasteiger partial charge in [-0.3, -0.25) is 0 Å². The molecule has 0 saturated carbocycles. The van der Waals surface area contributed by atoms with Crippen molar-refractivity contribution in [2.24, 2.45) is 5.92 Å². The standard InChI is InChI=1S/C10H15P/c1-6-7(2)10-8-3-4-11(10)9(6)5-8/h8-10H,3-5H2,1-2H3. The van der Waals surface area contributed by atoms with Gasteiger partial charge < -0.3 is 0 Å². The first-order valence-electron chi connectivity index (χ1n) is 4.72. The maximum absolute atomic E-state index is 2.40. The van der Waals surface area contributed by atoms with Crippen molar-refractivity contribution in [1.29, 1.82) is 0 Å². The quantitative estimate of drug-likeness (QED) is 0.383. The highest BCUT2D eigenvalue weighted by Crippen LogP contribution is 2.73. The average molecular weight is 166 g/mol. The molecule has 0 aliphatic carbocycles. The topological polar surface area (TPSA) is 0 Å². The fourth-order valence-electron chi connectivity index (χ4n) is 3.43. The molecule has 4 unspecified atom stereocenters. The molecule has 0 aromatic rings. The van der Waals surface area contributed by atoms with Gasteiger partial charge in [-0.2, -0.15) is 0 Å². The largest absolute Gasteiger partial charge is 0.0917 e. The zero-order chi connectivity index (χ0) is 7.59. The molecule has 0 nitrogen and oxygen atoms in total. The van der Waals surface area contributed by atoms with Crippen molar-refractivity contribution in [3.63, 3.8) is 0 Å². The molecule has 0 radical (unpaired) electrons. The van der Waals surface area contributed by atoms with E-state index in [-0.39, 0.29) is 0 Å². The molecule has 0 spiro atoms. The Morgan fingerprint density at radius 3 is 2.73 bits per heavy atom. The molecule has 2 saturated heterocycles. The molecule has 4 atom stereocenters. The van der Waals surface area contributed by atoms with Crippen molar-refractivity contribution in [3.8, 4) is 0 Å². The molecule has 2 fully saturated rings. The van der Waals surface area contributed by atoms with E-state index in [2.05, 4.69) is 13.8 Å². The molecule has 3 aliphatic rings. The van der Waals surface area contributed by atoms with Crippen LogP contribution in [0.3, 0.4) is 0 Å². The van der Waals surface area contributed by atoms with E-state index in [9.17, 15) is 0 Å². The van der Waals surface area contributed by atoms with Crippen molar-refractivity contribution in [1.82, 2.24) is 0 Å². The van der Waals surface area contributed by atoms with E-state index in [0.29, 0.717) is 7.92 Å². The number of hydrogen-bond acceptors (Lipinski definition) is 0. The Morgan fingerprint density at radius 1 is 1.27 bits per heavy atom. The highest BCUT2D eigenvalue weighted by Gasteiger charge is 2.53. The van der Waals surface area contributed by atoms with Crippen molar-refractivity contribution >= 4 is 7.92 Å². The molecular formula is C10H15P. The van der Waals surface area contributed by atoms with Gasteiger partial charge in [0, 0.05) is 11.3 Å². The molecule has 3 rings (SSSR count). The summed E-state index contributed by atoms with van der Waals surface area (Å²) in [6, 6.07) is 0. The highest BCUT2D eigenvalue weighted by molar-refractivity contribution is 7.61. The molecule has 0 amide bonds. The van der Waals surface area contributed by atoms with Crippen molar-refractivity contribution in [2.45, 2.75) is 38.0 Å². The molecule has 0 aromatic carbocycles. The van der Waals surface area contributed by atoms with Gasteiger partial charge in [0.05, 0.1) is 0 Å². The lowest BCUT2D eigenvalue weighted by molar-refractivity contribution is 0.495. The van der Waals surface area contributed by atoms with Crippen LogP contribution in [0.1, 0.15) is 26.7 Å². The summed E-state index contributed by atoms with van der Waals surface area (Å²) in [6.45, 7) is 4.78. The van der Waals surface area contributed by atoms with Crippen LogP contribution >= 0.6 is 7.92 Å². The van der Waals surface area contributed by atoms with Gasteiger partial charge in [-0.1, -0.05) is 19.1 Å². The predicted molar refractivity (Wildman–Crippen MR) is 50.5 cm³/mol. The second kappa shape index (κ2) is 1.91. The highest BCUT2D eigenvalue weighted by atomic mass is 31.1. The zero-order valence-electron chi connectivity index (χ0n) is 7.30. The van der Waals surface area contributed by atoms with Crippen molar-refractivity contribution < 1.29 is 0 Å². The lowest BCUT2D eigenvalue weighted by Crippen LogP contribution is -2.16. The molecule has 0 N–H and O–H groups in total. The van der Waals surface area contributed by atoms with Gasteiger partial charge in [0.2, 0.25) is 0 Å². The predicted octanol–water partition coefficient (Wildman–Crippen LogP) is 2.98. The molecule has 3 heterocycles. The maximum Gasteiger partial charge on any atom is 0.00347 e. The molecular weight excluding hydrogens is 151 g/mol. The summed E-state index contributed by atoms with van der Waals surface area (Å²) in [5.41, 5.74) is 5.79. The molecule has 0 aromatic heterocycles. The van der Waals surface area contributed by atoms with E-state index in [1.807, 2.05) is 0 Å². The van der Waals surface area contributed by atoms with E-state index in [1.165, 1.54) is 0 Å². The minimum Gasteiger partial charge on any atom is -0.0917 e. The van der Waals surface area contributed by atoms with Gasteiger partial charge in [-0.25, -0.2) is 0 Å². The van der Waals surface area contributed by atoms with Crippen molar-refractivity contribution in [3.05, 3.63) is 11.1 Å². The van der Waals surface area contributed by atoms with E-state index >= 15 is 0 Å². The van der Waals surface area contributed by atoms with Crippen LogP contribution in [0.5, 0.6) is 0 Å². The van der Waals surface area contributed by atoms with Crippen LogP contribution in [0.25, 0.3) is 0 Å². The van der Waals surface area contributed by atoms with Crippen LogP contribution in [0.4, 0.5) is 0 Å².